The molecule has 0 saturated carbocycles. The van der Waals surface area contributed by atoms with Crippen molar-refractivity contribution in [2.24, 2.45) is 72.5 Å². The quantitative estimate of drug-likeness (QED) is 0.0167. The van der Waals surface area contributed by atoms with Crippen molar-refractivity contribution in [3.05, 3.63) is 0 Å². The third-order valence-electron chi connectivity index (χ3n) is 8.94. The van der Waals surface area contributed by atoms with Gasteiger partial charge in [-0.3, -0.25) is 38.9 Å². The number of unbranched alkanes of at least 4 members (excludes halogenated alkanes) is 2. The van der Waals surface area contributed by atoms with E-state index < -0.39 is 71.8 Å². The fraction of sp³-hybridized carbons (Fsp3) is 0.750. The molecule has 0 fully saturated rings. The first kappa shape index (κ1) is 54.5. The van der Waals surface area contributed by atoms with Gasteiger partial charge in [-0.2, -0.15) is 0 Å². The van der Waals surface area contributed by atoms with Crippen molar-refractivity contribution in [3.63, 3.8) is 0 Å². The molecule has 24 heteroatoms. The van der Waals surface area contributed by atoms with Gasteiger partial charge in [0.15, 0.2) is 17.9 Å². The number of carboxylic acid groups (broad SMARTS) is 1. The molecule has 0 aliphatic heterocycles. The number of aliphatic imine (C=N–C) groups is 3. The molecule has 0 aromatic rings. The number of rotatable bonds is 33. The lowest BCUT2D eigenvalue weighted by atomic mass is 10.0. The molecule has 0 bridgehead atoms. The zero-order chi connectivity index (χ0) is 45.6. The molecule has 0 aliphatic carbocycles. The van der Waals surface area contributed by atoms with Crippen LogP contribution in [-0.2, 0) is 28.8 Å². The molecule has 0 heterocycles. The van der Waals surface area contributed by atoms with Crippen LogP contribution in [0.5, 0.6) is 0 Å². The van der Waals surface area contributed by atoms with E-state index in [2.05, 4.69) is 41.6 Å². The Bertz CT molecular complexity index is 1420. The van der Waals surface area contributed by atoms with E-state index in [9.17, 15) is 33.9 Å². The average molecular weight is 856 g/mol. The maximum absolute atomic E-state index is 14.0. The Morgan fingerprint density at radius 2 is 0.750 bits per heavy atom. The largest absolute Gasteiger partial charge is 0.480 e. The van der Waals surface area contributed by atoms with Crippen LogP contribution in [0, 0.1) is 5.92 Å². The average Bonchev–Trinajstić information content (AvgIpc) is 3.16. The van der Waals surface area contributed by atoms with Gasteiger partial charge in [-0.15, -0.1) is 0 Å². The van der Waals surface area contributed by atoms with Gasteiger partial charge in [-0.25, -0.2) is 4.79 Å². The Morgan fingerprint density at radius 1 is 0.467 bits per heavy atom. The molecule has 344 valence electrons. The van der Waals surface area contributed by atoms with E-state index in [1.165, 1.54) is 0 Å². The number of carbonyl (C=O) groups excluding carboxylic acids is 5. The van der Waals surface area contributed by atoms with Gasteiger partial charge in [0.2, 0.25) is 29.5 Å². The van der Waals surface area contributed by atoms with Crippen molar-refractivity contribution in [3.8, 4) is 0 Å². The van der Waals surface area contributed by atoms with Crippen molar-refractivity contribution in [1.29, 1.82) is 0 Å². The summed E-state index contributed by atoms with van der Waals surface area (Å²) in [6.07, 6.45) is 3.25. The summed E-state index contributed by atoms with van der Waals surface area (Å²) in [5.41, 5.74) is 50.0. The molecule has 0 saturated heterocycles. The van der Waals surface area contributed by atoms with E-state index in [4.69, 9.17) is 51.6 Å². The second-order valence-corrected chi connectivity index (χ2v) is 14.8. The summed E-state index contributed by atoms with van der Waals surface area (Å²) >= 11 is 0. The number of nitrogens with zero attached hydrogens (tertiary/aromatic N) is 3. The van der Waals surface area contributed by atoms with Crippen LogP contribution in [0.3, 0.4) is 0 Å². The zero-order valence-electron chi connectivity index (χ0n) is 35.2. The van der Waals surface area contributed by atoms with Gasteiger partial charge in [0.05, 0.1) is 6.04 Å². The smallest absolute Gasteiger partial charge is 0.326 e. The number of amides is 5. The fourth-order valence-corrected chi connectivity index (χ4v) is 5.81. The van der Waals surface area contributed by atoms with Gasteiger partial charge in [0.1, 0.15) is 30.2 Å². The summed E-state index contributed by atoms with van der Waals surface area (Å²) in [5, 5.41) is 23.0. The number of nitrogens with one attached hydrogen (secondary N) is 5. The lowest BCUT2D eigenvalue weighted by Gasteiger charge is -2.27. The van der Waals surface area contributed by atoms with E-state index in [0.29, 0.717) is 45.2 Å². The Kier molecular flexibility index (Phi) is 28.6. The molecule has 24 N–H and O–H groups in total. The summed E-state index contributed by atoms with van der Waals surface area (Å²) in [7, 11) is 0. The first-order valence-electron chi connectivity index (χ1n) is 20.4. The van der Waals surface area contributed by atoms with Crippen LogP contribution < -0.4 is 78.2 Å². The number of nitrogens with two attached hydrogens (primary N) is 9. The molecule has 0 aliphatic rings. The van der Waals surface area contributed by atoms with Gasteiger partial charge in [-0.1, -0.05) is 13.8 Å². The SMILES string of the molecule is CC(C)C[C@H](N)C(=O)N[C@@H](CCCCN)C(=O)N[C@@H](CCCN=C(N)N)C(=O)N[C@@H](CCCN=C(N)N)C(=O)N[C@@H](CCCCN)C(=O)N[C@@H](CCCN=C(N)N)C(=O)O. The van der Waals surface area contributed by atoms with Crippen molar-refractivity contribution < 1.29 is 33.9 Å². The molecular formula is C36H73N17O7. The Labute approximate surface area is 352 Å². The first-order chi connectivity index (χ1) is 28.3. The third kappa shape index (κ3) is 25.8. The van der Waals surface area contributed by atoms with Gasteiger partial charge < -0.3 is 83.3 Å². The topological polar surface area (TPSA) is 454 Å². The van der Waals surface area contributed by atoms with Crippen LogP contribution in [0.25, 0.3) is 0 Å². The molecule has 6 atom stereocenters. The molecule has 0 rings (SSSR count). The van der Waals surface area contributed by atoms with E-state index in [1.54, 1.807) is 0 Å². The first-order valence-corrected chi connectivity index (χ1v) is 20.4. The Hall–Kier alpha value is -5.49. The molecule has 0 spiro atoms. The number of hydrogen-bond acceptors (Lipinski definition) is 12. The van der Waals surface area contributed by atoms with Crippen LogP contribution in [-0.4, -0.2) is 127 Å². The lowest BCUT2D eigenvalue weighted by molar-refractivity contribution is -0.142. The van der Waals surface area contributed by atoms with E-state index in [0.717, 1.165) is 0 Å². The van der Waals surface area contributed by atoms with Gasteiger partial charge in [0, 0.05) is 19.6 Å². The standard InChI is InChI=1S/C36H73N17O7/c1-21(2)20-22(39)28(54)49-23(10-3-5-15-37)29(55)51-26(13-8-18-47-35(42)43)31(57)52-25(12-7-17-46-34(40)41)30(56)50-24(11-4-6-16-38)32(58)53-27(33(59)60)14-9-19-48-36(44)45/h21-27H,3-20,37-39H2,1-2H3,(H,49,54)(H,50,56)(H,51,55)(H,52,57)(H,53,58)(H,59,60)(H4,40,41,46)(H4,42,43,47)(H4,44,45,48)/t22-,23-,24-,25-,26-,27-/m0/s1. The molecule has 0 aromatic heterocycles. The van der Waals surface area contributed by atoms with Crippen LogP contribution in [0.2, 0.25) is 0 Å². The lowest BCUT2D eigenvalue weighted by Crippen LogP contribution is -2.59. The second-order valence-electron chi connectivity index (χ2n) is 14.8. The predicted octanol–water partition coefficient (Wildman–Crippen LogP) is -4.71. The Morgan fingerprint density at radius 3 is 1.03 bits per heavy atom. The van der Waals surface area contributed by atoms with Crippen molar-refractivity contribution in [2.75, 3.05) is 32.7 Å². The number of aliphatic carboxylic acids is 1. The molecule has 0 unspecified atom stereocenters. The highest BCUT2D eigenvalue weighted by molar-refractivity contribution is 5.96. The van der Waals surface area contributed by atoms with Crippen molar-refractivity contribution >= 4 is 53.4 Å². The highest BCUT2D eigenvalue weighted by atomic mass is 16.4. The summed E-state index contributed by atoms with van der Waals surface area (Å²) < 4.78 is 0. The summed E-state index contributed by atoms with van der Waals surface area (Å²) in [6, 6.07) is -7.04. The number of hydrogen-bond donors (Lipinski definition) is 15. The van der Waals surface area contributed by atoms with E-state index in [-0.39, 0.29) is 94.8 Å². The molecule has 60 heavy (non-hydrogen) atoms. The van der Waals surface area contributed by atoms with E-state index in [1.807, 2.05) is 13.8 Å². The summed E-state index contributed by atoms with van der Waals surface area (Å²) in [4.78, 5) is 92.1. The van der Waals surface area contributed by atoms with Gasteiger partial charge in [-0.05, 0) is 102 Å². The van der Waals surface area contributed by atoms with Crippen LogP contribution >= 0.6 is 0 Å². The number of carbonyl (C=O) groups is 6. The predicted molar refractivity (Wildman–Crippen MR) is 230 cm³/mol. The summed E-state index contributed by atoms with van der Waals surface area (Å²) in [5.74, 6) is -5.26. The number of carboxylic acids is 1. The molecule has 0 radical (unpaired) electrons. The third-order valence-corrected chi connectivity index (χ3v) is 8.94. The minimum absolute atomic E-state index is 0.0105. The van der Waals surface area contributed by atoms with Crippen molar-refractivity contribution in [2.45, 2.75) is 134 Å². The van der Waals surface area contributed by atoms with Crippen molar-refractivity contribution in [1.82, 2.24) is 26.6 Å². The normalized spacial score (nSPS) is 13.9. The van der Waals surface area contributed by atoms with Gasteiger partial charge >= 0.3 is 5.97 Å². The molecular weight excluding hydrogens is 783 g/mol. The number of guanidine groups is 3. The minimum Gasteiger partial charge on any atom is -0.480 e. The van der Waals surface area contributed by atoms with Crippen LogP contribution in [0.15, 0.2) is 15.0 Å². The maximum atomic E-state index is 14.0. The van der Waals surface area contributed by atoms with E-state index >= 15 is 0 Å². The molecule has 0 aromatic carbocycles. The molecule has 24 nitrogen and oxygen atoms in total. The second kappa shape index (κ2) is 31.4. The van der Waals surface area contributed by atoms with Gasteiger partial charge in [0.25, 0.3) is 0 Å². The maximum Gasteiger partial charge on any atom is 0.326 e. The van der Waals surface area contributed by atoms with Crippen LogP contribution in [0.4, 0.5) is 0 Å². The monoisotopic (exact) mass is 856 g/mol. The minimum atomic E-state index is -1.33. The highest BCUT2D eigenvalue weighted by Gasteiger charge is 2.32. The summed E-state index contributed by atoms with van der Waals surface area (Å²) in [6.45, 7) is 4.79. The zero-order valence-corrected chi connectivity index (χ0v) is 35.2. The van der Waals surface area contributed by atoms with Crippen LogP contribution in [0.1, 0.15) is 97.3 Å². The fourth-order valence-electron chi connectivity index (χ4n) is 5.81. The molecule has 5 amide bonds. The highest BCUT2D eigenvalue weighted by Crippen LogP contribution is 2.10. The Balaban J connectivity index is 6.57.